The summed E-state index contributed by atoms with van der Waals surface area (Å²) >= 11 is 0. The second-order valence-corrected chi connectivity index (χ2v) is 11.7. The Hall–Kier alpha value is -5.34. The zero-order chi connectivity index (χ0) is 32.5. The third-order valence-corrected chi connectivity index (χ3v) is 8.45. The predicted octanol–water partition coefficient (Wildman–Crippen LogP) is 8.08. The quantitative estimate of drug-likeness (QED) is 0.182. The number of carbonyl (C=O) groups excluding carboxylic acids is 1. The molecule has 5 aromatic rings. The summed E-state index contributed by atoms with van der Waals surface area (Å²) < 4.78 is 50.5. The predicted molar refractivity (Wildman–Crippen MR) is 171 cm³/mol. The van der Waals surface area contributed by atoms with Crippen molar-refractivity contribution in [3.05, 3.63) is 108 Å². The molecule has 3 atom stereocenters. The Morgan fingerprint density at radius 1 is 1.02 bits per heavy atom. The molecule has 1 saturated carbocycles. The number of alkyl halides is 3. The lowest BCUT2D eigenvalue weighted by Gasteiger charge is -2.22. The summed E-state index contributed by atoms with van der Waals surface area (Å²) in [5.74, 6) is -0.832. The monoisotopic (exact) mass is 634 g/mol. The van der Waals surface area contributed by atoms with Crippen molar-refractivity contribution < 1.29 is 22.7 Å². The highest BCUT2D eigenvalue weighted by molar-refractivity contribution is 6.15. The molecule has 1 N–H and O–H groups in total. The van der Waals surface area contributed by atoms with E-state index in [9.17, 15) is 18.0 Å². The molecular formula is C36H29F3N6O2. The van der Waals surface area contributed by atoms with Gasteiger partial charge >= 0.3 is 6.18 Å². The van der Waals surface area contributed by atoms with Crippen molar-refractivity contribution in [2.75, 3.05) is 11.9 Å². The minimum absolute atomic E-state index is 0.108. The van der Waals surface area contributed by atoms with Gasteiger partial charge in [-0.15, -0.1) is 0 Å². The highest BCUT2D eigenvalue weighted by atomic mass is 19.4. The molecule has 2 aliphatic rings. The number of aliphatic imine (C=N–C) groups is 1. The van der Waals surface area contributed by atoms with Crippen LogP contribution in [-0.2, 0) is 15.7 Å². The molecule has 2 aromatic heterocycles. The normalized spacial score (nSPS) is 19.1. The van der Waals surface area contributed by atoms with Gasteiger partial charge in [0, 0.05) is 41.1 Å². The Bertz CT molecular complexity index is 1970. The lowest BCUT2D eigenvalue weighted by Crippen LogP contribution is -2.19. The number of ether oxygens (including phenoxy) is 1. The zero-order valence-electron chi connectivity index (χ0n) is 25.1. The van der Waals surface area contributed by atoms with Crippen LogP contribution in [0.25, 0.3) is 21.9 Å². The molecule has 0 spiro atoms. The average Bonchev–Trinajstić information content (AvgIpc) is 3.75. The van der Waals surface area contributed by atoms with Crippen molar-refractivity contribution in [1.82, 2.24) is 14.8 Å². The number of fused-ring (bicyclic) bond motifs is 1. The first kappa shape index (κ1) is 30.3. The summed E-state index contributed by atoms with van der Waals surface area (Å²) in [6.45, 7) is 0.454. The molecule has 3 heterocycles. The first-order valence-corrected chi connectivity index (χ1v) is 15.4. The fourth-order valence-corrected chi connectivity index (χ4v) is 5.90. The van der Waals surface area contributed by atoms with Gasteiger partial charge in [0.05, 0.1) is 29.3 Å². The molecule has 1 aliphatic carbocycles. The van der Waals surface area contributed by atoms with Gasteiger partial charge in [-0.05, 0) is 54.8 Å². The van der Waals surface area contributed by atoms with Crippen molar-refractivity contribution in [2.45, 2.75) is 38.1 Å². The van der Waals surface area contributed by atoms with Gasteiger partial charge in [-0.2, -0.15) is 23.5 Å². The van der Waals surface area contributed by atoms with Crippen molar-refractivity contribution in [1.29, 1.82) is 5.26 Å². The average molecular weight is 635 g/mol. The Morgan fingerprint density at radius 2 is 1.74 bits per heavy atom. The number of pyridine rings is 1. The van der Waals surface area contributed by atoms with Crippen molar-refractivity contribution >= 4 is 33.9 Å². The first-order chi connectivity index (χ1) is 22.8. The van der Waals surface area contributed by atoms with E-state index in [1.54, 1.807) is 24.4 Å². The number of aromatic nitrogens is 3. The number of hydrogen-bond acceptors (Lipinski definition) is 6. The fraction of sp³-hybridized carbons (Fsp3) is 0.250. The van der Waals surface area contributed by atoms with E-state index in [0.717, 1.165) is 24.0 Å². The number of halogens is 3. The summed E-state index contributed by atoms with van der Waals surface area (Å²) in [6.07, 6.45) is 0.341. The van der Waals surface area contributed by atoms with Crippen molar-refractivity contribution in [2.24, 2.45) is 16.8 Å². The number of benzene rings is 3. The maximum Gasteiger partial charge on any atom is 0.435 e. The van der Waals surface area contributed by atoms with Gasteiger partial charge in [0.2, 0.25) is 5.91 Å². The van der Waals surface area contributed by atoms with Crippen LogP contribution in [0.1, 0.15) is 48.7 Å². The second-order valence-electron chi connectivity index (χ2n) is 11.7. The van der Waals surface area contributed by atoms with Crippen LogP contribution in [0.4, 0.5) is 24.7 Å². The molecule has 3 aromatic carbocycles. The molecule has 236 valence electrons. The van der Waals surface area contributed by atoms with E-state index in [1.165, 1.54) is 10.9 Å². The summed E-state index contributed by atoms with van der Waals surface area (Å²) in [5, 5.41) is 17.0. The third kappa shape index (κ3) is 6.37. The summed E-state index contributed by atoms with van der Waals surface area (Å²) in [4.78, 5) is 22.3. The number of hydrogen-bond donors (Lipinski definition) is 1. The van der Waals surface area contributed by atoms with E-state index >= 15 is 0 Å². The molecule has 0 radical (unpaired) electrons. The van der Waals surface area contributed by atoms with E-state index in [0.29, 0.717) is 41.6 Å². The summed E-state index contributed by atoms with van der Waals surface area (Å²) in [6, 6.07) is 26.0. The lowest BCUT2D eigenvalue weighted by atomic mass is 9.99. The van der Waals surface area contributed by atoms with Gasteiger partial charge < -0.3 is 10.1 Å². The SMILES string of the molecule is N#C[C@@H]1C[C@H]1C(=O)Nc1cc2cc(-c3cn([C@H]4CCCCO4)nc3C(F)(F)F)cc(N=C(c3ccccc3)c3ccccc3)c2cn1. The lowest BCUT2D eigenvalue weighted by molar-refractivity contribution is -0.141. The second kappa shape index (κ2) is 12.5. The molecular weight excluding hydrogens is 605 g/mol. The number of nitrogens with zero attached hydrogens (tertiary/aromatic N) is 5. The maximum atomic E-state index is 14.5. The molecule has 8 nitrogen and oxygen atoms in total. The highest BCUT2D eigenvalue weighted by Gasteiger charge is 2.43. The van der Waals surface area contributed by atoms with Gasteiger partial charge in [0.1, 0.15) is 12.0 Å². The Morgan fingerprint density at radius 3 is 2.36 bits per heavy atom. The number of rotatable bonds is 7. The maximum absolute atomic E-state index is 14.5. The van der Waals surface area contributed by atoms with Crippen LogP contribution >= 0.6 is 0 Å². The van der Waals surface area contributed by atoms with Crippen molar-refractivity contribution in [3.63, 3.8) is 0 Å². The topological polar surface area (TPSA) is 105 Å². The molecule has 1 aliphatic heterocycles. The molecule has 47 heavy (non-hydrogen) atoms. The number of nitriles is 1. The Balaban J connectivity index is 1.41. The van der Waals surface area contributed by atoms with Crippen molar-refractivity contribution in [3.8, 4) is 17.2 Å². The highest BCUT2D eigenvalue weighted by Crippen LogP contribution is 2.42. The minimum Gasteiger partial charge on any atom is -0.357 e. The molecule has 7 rings (SSSR count). The summed E-state index contributed by atoms with van der Waals surface area (Å²) in [5.41, 5.74) is 1.79. The number of nitrogens with one attached hydrogen (secondary N) is 1. The first-order valence-electron chi connectivity index (χ1n) is 15.4. The molecule has 0 unspecified atom stereocenters. The third-order valence-electron chi connectivity index (χ3n) is 8.45. The van der Waals surface area contributed by atoms with Crippen LogP contribution in [-0.4, -0.2) is 33.0 Å². The van der Waals surface area contributed by atoms with E-state index in [-0.39, 0.29) is 28.8 Å². The van der Waals surface area contributed by atoms with E-state index in [4.69, 9.17) is 15.0 Å². The van der Waals surface area contributed by atoms with E-state index in [2.05, 4.69) is 21.5 Å². The van der Waals surface area contributed by atoms with E-state index < -0.39 is 24.0 Å². The van der Waals surface area contributed by atoms with Gasteiger partial charge in [-0.3, -0.25) is 4.79 Å². The molecule has 2 fully saturated rings. The largest absolute Gasteiger partial charge is 0.435 e. The number of carbonyl (C=O) groups is 1. The van der Waals surface area contributed by atoms with Crippen LogP contribution in [0.5, 0.6) is 0 Å². The molecule has 1 amide bonds. The minimum atomic E-state index is -4.73. The van der Waals surface area contributed by atoms with Gasteiger partial charge in [-0.25, -0.2) is 14.7 Å². The van der Waals surface area contributed by atoms with E-state index in [1.807, 2.05) is 60.7 Å². The van der Waals surface area contributed by atoms with Crippen LogP contribution < -0.4 is 5.32 Å². The summed E-state index contributed by atoms with van der Waals surface area (Å²) in [7, 11) is 0. The molecule has 1 saturated heterocycles. The van der Waals surface area contributed by atoms with Crippen LogP contribution in [0.2, 0.25) is 0 Å². The van der Waals surface area contributed by atoms with Crippen LogP contribution in [0.15, 0.2) is 96.2 Å². The standard InChI is InChI=1S/C36H29F3N6O2/c37-36(38,39)34-29(21-45(44-34)32-13-7-8-14-47-32)24-15-25-18-31(43-35(46)27-16-26(27)19-40)41-20-28(25)30(17-24)42-33(22-9-3-1-4-10-22)23-11-5-2-6-12-23/h1-6,9-12,15,17-18,20-21,26-27,32H,7-8,13-14,16H2,(H,41,43,46)/t26-,27+,32+/m0/s1. The van der Waals surface area contributed by atoms with Crippen LogP contribution in [0.3, 0.4) is 0 Å². The van der Waals surface area contributed by atoms with Gasteiger partial charge in [0.25, 0.3) is 0 Å². The van der Waals surface area contributed by atoms with Crippen LogP contribution in [0, 0.1) is 23.2 Å². The Labute approximate surface area is 268 Å². The van der Waals surface area contributed by atoms with Gasteiger partial charge in [0.15, 0.2) is 5.69 Å². The number of amides is 1. The number of anilines is 1. The zero-order valence-corrected chi connectivity index (χ0v) is 25.1. The smallest absolute Gasteiger partial charge is 0.357 e. The molecule has 11 heteroatoms. The van der Waals surface area contributed by atoms with Gasteiger partial charge in [-0.1, -0.05) is 60.7 Å². The molecule has 0 bridgehead atoms. The Kier molecular flexibility index (Phi) is 8.03. The fourth-order valence-electron chi connectivity index (χ4n) is 5.90.